The summed E-state index contributed by atoms with van der Waals surface area (Å²) in [5.41, 5.74) is 3.23. The predicted octanol–water partition coefficient (Wildman–Crippen LogP) is 3.73. The van der Waals surface area contributed by atoms with E-state index >= 15 is 0 Å². The summed E-state index contributed by atoms with van der Waals surface area (Å²) in [6, 6.07) is 11.6. The van der Waals surface area contributed by atoms with Gasteiger partial charge in [0.15, 0.2) is 0 Å². The van der Waals surface area contributed by atoms with Crippen LogP contribution in [0.25, 0.3) is 0 Å². The third kappa shape index (κ3) is 10.8. The van der Waals surface area contributed by atoms with Crippen molar-refractivity contribution in [1.29, 1.82) is 0 Å². The molecule has 70 heavy (non-hydrogen) atoms. The van der Waals surface area contributed by atoms with Crippen LogP contribution in [-0.2, 0) is 51.1 Å². The molecule has 0 spiro atoms. The second kappa shape index (κ2) is 21.9. The van der Waals surface area contributed by atoms with Crippen LogP contribution in [-0.4, -0.2) is 143 Å². The Morgan fingerprint density at radius 1 is 0.629 bits per heavy atom. The lowest BCUT2D eigenvalue weighted by molar-refractivity contribution is -0.144. The monoisotopic (exact) mass is 1000 g/mol. The van der Waals surface area contributed by atoms with E-state index in [9.17, 15) is 28.8 Å². The van der Waals surface area contributed by atoms with Crippen LogP contribution < -0.4 is 31.9 Å². The largest absolute Gasteiger partial charge is 0.375 e. The number of amides is 6. The normalized spacial score (nSPS) is 30.5. The van der Waals surface area contributed by atoms with Crippen LogP contribution in [0.15, 0.2) is 48.5 Å². The minimum absolute atomic E-state index is 0.171. The van der Waals surface area contributed by atoms with Crippen molar-refractivity contribution in [3.05, 3.63) is 70.8 Å². The van der Waals surface area contributed by atoms with Gasteiger partial charge in [0.05, 0.1) is 47.1 Å². The van der Waals surface area contributed by atoms with Crippen molar-refractivity contribution >= 4 is 59.0 Å². The van der Waals surface area contributed by atoms with Crippen LogP contribution in [0.1, 0.15) is 114 Å². The molecule has 0 radical (unpaired) electrons. The number of thioether (sulfide) groups is 2. The summed E-state index contributed by atoms with van der Waals surface area (Å²) >= 11 is 3.35. The Morgan fingerprint density at radius 3 is 1.40 bits per heavy atom. The highest BCUT2D eigenvalue weighted by Crippen LogP contribution is 2.48. The zero-order valence-electron chi connectivity index (χ0n) is 42.0. The van der Waals surface area contributed by atoms with Crippen LogP contribution in [0.3, 0.4) is 0 Å². The molecule has 6 aliphatic rings. The maximum absolute atomic E-state index is 14.6. The van der Waals surface area contributed by atoms with Gasteiger partial charge in [0, 0.05) is 26.1 Å². The Hall–Kier alpha value is -4.20. The van der Waals surface area contributed by atoms with Crippen LogP contribution in [0.4, 0.5) is 0 Å². The van der Waals surface area contributed by atoms with Gasteiger partial charge in [-0.1, -0.05) is 76.2 Å². The Kier molecular flexibility index (Phi) is 16.3. The van der Waals surface area contributed by atoms with Crippen molar-refractivity contribution in [1.82, 2.24) is 41.7 Å². The first kappa shape index (κ1) is 52.1. The molecule has 4 aliphatic heterocycles. The molecule has 16 nitrogen and oxygen atoms in total. The average Bonchev–Trinajstić information content (AvgIpc) is 3.97. The molecule has 0 bridgehead atoms. The van der Waals surface area contributed by atoms with Crippen molar-refractivity contribution in [2.24, 2.45) is 10.8 Å². The number of carbonyl (C=O) groups excluding carboxylic acids is 6. The highest BCUT2D eigenvalue weighted by atomic mass is 32.2. The molecule has 0 unspecified atom stereocenters. The molecule has 382 valence electrons. The third-order valence-corrected chi connectivity index (χ3v) is 18.0. The molecule has 0 saturated carbocycles. The van der Waals surface area contributed by atoms with Crippen molar-refractivity contribution in [2.75, 3.05) is 38.8 Å². The first-order chi connectivity index (χ1) is 33.4. The van der Waals surface area contributed by atoms with E-state index in [1.54, 1.807) is 61.3 Å². The molecule has 0 aromatic heterocycles. The number of likely N-dealkylation sites (N-methyl/N-ethyl adjacent to an activating group) is 2. The average molecular weight is 1000 g/mol. The minimum Gasteiger partial charge on any atom is -0.375 e. The van der Waals surface area contributed by atoms with Crippen molar-refractivity contribution in [2.45, 2.75) is 164 Å². The molecular formula is C52H74N8O8S2. The van der Waals surface area contributed by atoms with Gasteiger partial charge >= 0.3 is 0 Å². The smallest absolute Gasteiger partial charge is 0.246 e. The first-order valence-corrected chi connectivity index (χ1v) is 27.4. The van der Waals surface area contributed by atoms with Gasteiger partial charge in [-0.15, -0.1) is 23.5 Å². The number of hydrogen-bond acceptors (Lipinski definition) is 12. The summed E-state index contributed by atoms with van der Waals surface area (Å²) < 4.78 is 13.2. The number of rotatable bonds is 17. The number of nitrogens with zero attached hydrogens (tertiary/aromatic N) is 2. The zero-order valence-corrected chi connectivity index (χ0v) is 43.6. The molecule has 12 atom stereocenters. The van der Waals surface area contributed by atoms with Crippen LogP contribution in [0.2, 0.25) is 0 Å². The van der Waals surface area contributed by atoms with Crippen LogP contribution in [0.5, 0.6) is 0 Å². The highest BCUT2D eigenvalue weighted by molar-refractivity contribution is 8.00. The zero-order chi connectivity index (χ0) is 50.1. The van der Waals surface area contributed by atoms with Gasteiger partial charge in [-0.05, 0) is 111 Å². The van der Waals surface area contributed by atoms with E-state index in [-0.39, 0.29) is 58.4 Å². The molecule has 2 aromatic carbocycles. The topological polar surface area (TPSA) is 200 Å². The Labute approximate surface area is 421 Å². The number of fused-ring (bicyclic) bond motifs is 4. The summed E-state index contributed by atoms with van der Waals surface area (Å²) in [6.07, 6.45) is 4.38. The van der Waals surface area contributed by atoms with Gasteiger partial charge in [0.1, 0.15) is 24.2 Å². The van der Waals surface area contributed by atoms with Crippen molar-refractivity contribution in [3.8, 4) is 0 Å². The summed E-state index contributed by atoms with van der Waals surface area (Å²) in [6.45, 7) is 12.6. The molecule has 6 N–H and O–H groups in total. The lowest BCUT2D eigenvalue weighted by atomic mass is 9.83. The van der Waals surface area contributed by atoms with E-state index in [0.717, 1.165) is 22.3 Å². The predicted molar refractivity (Wildman–Crippen MR) is 271 cm³/mol. The minimum atomic E-state index is -0.728. The Balaban J connectivity index is 0.882. The van der Waals surface area contributed by atoms with E-state index < -0.39 is 59.2 Å². The van der Waals surface area contributed by atoms with Gasteiger partial charge in [-0.25, -0.2) is 0 Å². The van der Waals surface area contributed by atoms with E-state index in [1.807, 2.05) is 64.1 Å². The molecule has 6 amide bonds. The van der Waals surface area contributed by atoms with E-state index in [1.165, 1.54) is 0 Å². The third-order valence-electron chi connectivity index (χ3n) is 15.5. The molecule has 4 heterocycles. The first-order valence-electron chi connectivity index (χ1n) is 25.3. The lowest BCUT2D eigenvalue weighted by Crippen LogP contribution is -2.58. The second-order valence-corrected chi connectivity index (χ2v) is 23.9. The molecule has 4 fully saturated rings. The van der Waals surface area contributed by atoms with Gasteiger partial charge in [0.25, 0.3) is 0 Å². The number of nitrogens with one attached hydrogen (secondary N) is 6. The Bertz CT molecular complexity index is 2130. The van der Waals surface area contributed by atoms with Crippen molar-refractivity contribution < 1.29 is 38.2 Å². The quantitative estimate of drug-likeness (QED) is 0.126. The summed E-state index contributed by atoms with van der Waals surface area (Å²) in [5, 5.41) is 18.1. The molecule has 2 aromatic rings. The van der Waals surface area contributed by atoms with E-state index in [0.29, 0.717) is 76.1 Å². The van der Waals surface area contributed by atoms with E-state index in [4.69, 9.17) is 9.47 Å². The fourth-order valence-corrected chi connectivity index (χ4v) is 14.6. The van der Waals surface area contributed by atoms with Crippen molar-refractivity contribution in [3.63, 3.8) is 0 Å². The standard InChI is InChI=1S/C52H74N8O8S2/c1-29(53-7)45(61)55-35-19-23-69-39-27-51(3,4)43(59(39)49(35)65)47(63)57-41-33-17-11-9-15-31(33)25-37(41)67-21-13-14-22-68-38-26-32-16-10-12-18-34(32)42(38)58-48(64)44-52(5,6)28-40-60(44)50(66)36(20-24-70-40)56-46(62)30(2)54-8/h9-12,15-18,29-30,35-44,53-54H,13-14,19-28H2,1-8H3,(H,55,61)(H,56,62)(H,57,63)(H,58,64)/t29-,30-,35-,36-,37+,38+,39-,40-,41-,42-,43+,44+/m0/s1. The molecule has 18 heteroatoms. The summed E-state index contributed by atoms with van der Waals surface area (Å²) in [5.74, 6) is 0.0180. The number of benzene rings is 2. The van der Waals surface area contributed by atoms with Gasteiger partial charge in [0.2, 0.25) is 35.4 Å². The maximum Gasteiger partial charge on any atom is 0.246 e. The molecule has 4 saturated heterocycles. The summed E-state index contributed by atoms with van der Waals surface area (Å²) in [4.78, 5) is 87.0. The second-order valence-electron chi connectivity index (χ2n) is 21.4. The number of unbranched alkanes of at least 4 members (excludes halogenated alkanes) is 1. The molecular weight excluding hydrogens is 929 g/mol. The van der Waals surface area contributed by atoms with Gasteiger partial charge in [-0.3, -0.25) is 28.8 Å². The van der Waals surface area contributed by atoms with Crippen LogP contribution in [0, 0.1) is 10.8 Å². The number of ether oxygens (including phenoxy) is 2. The van der Waals surface area contributed by atoms with E-state index in [2.05, 4.69) is 44.0 Å². The lowest BCUT2D eigenvalue weighted by Gasteiger charge is -2.35. The maximum atomic E-state index is 14.6. The SMILES string of the molecule is CN[C@@H](C)C(=O)N[C@H]1CCS[C@H]2CC(C)(C)[C@@H](C(=O)N[C@H]3c4ccccc4C[C@H]3OCCCCO[C@@H]3Cc4ccccc4[C@@H]3NC(=O)[C@H]3N4C(=O)[C@@H](NC(=O)[C@H](C)NC)CCS[C@H]4CC3(C)C)N2C1=O. The molecule has 8 rings (SSSR count). The number of hydrogen-bond donors (Lipinski definition) is 6. The Morgan fingerprint density at radius 2 is 1.01 bits per heavy atom. The number of carbonyl (C=O) groups is 6. The fraction of sp³-hybridized carbons (Fsp3) is 0.654. The van der Waals surface area contributed by atoms with Crippen LogP contribution >= 0.6 is 23.5 Å². The van der Waals surface area contributed by atoms with Gasteiger partial charge < -0.3 is 51.2 Å². The van der Waals surface area contributed by atoms with Gasteiger partial charge in [-0.2, -0.15) is 0 Å². The molecule has 2 aliphatic carbocycles. The highest BCUT2D eigenvalue weighted by Gasteiger charge is 2.57. The summed E-state index contributed by atoms with van der Waals surface area (Å²) in [7, 11) is 3.41. The fourth-order valence-electron chi connectivity index (χ4n) is 11.5.